The van der Waals surface area contributed by atoms with E-state index in [-0.39, 0.29) is 13.6 Å². The maximum atomic E-state index is 5.79. The number of benzene rings is 4. The Balaban J connectivity index is 1.89. The van der Waals surface area contributed by atoms with E-state index in [1.165, 1.54) is 0 Å². The van der Waals surface area contributed by atoms with Crippen molar-refractivity contribution in [1.29, 1.82) is 0 Å². The molecule has 4 heteroatoms. The summed E-state index contributed by atoms with van der Waals surface area (Å²) in [6.45, 7) is 0.312. The Kier molecular flexibility index (Phi) is 6.14. The normalized spacial score (nSPS) is 10.6. The van der Waals surface area contributed by atoms with E-state index in [0.29, 0.717) is 11.5 Å². The fraction of sp³-hybridized carbons (Fsp3) is 0.154. The van der Waals surface area contributed by atoms with E-state index in [0.717, 1.165) is 32.7 Å². The highest BCUT2D eigenvalue weighted by Crippen LogP contribution is 2.30. The minimum atomic E-state index is 0.156. The Morgan fingerprint density at radius 2 is 1.00 bits per heavy atom. The highest BCUT2D eigenvalue weighted by molar-refractivity contribution is 5.93. The molecule has 0 atom stereocenters. The molecule has 0 aliphatic carbocycles. The first-order valence-electron chi connectivity index (χ1n) is 9.61. The number of methoxy groups -OCH3 is 2. The zero-order valence-corrected chi connectivity index (χ0v) is 17.0. The molecule has 4 nitrogen and oxygen atoms in total. The van der Waals surface area contributed by atoms with Gasteiger partial charge >= 0.3 is 0 Å². The fourth-order valence-electron chi connectivity index (χ4n) is 3.37. The molecular weight excluding hydrogens is 376 g/mol. The van der Waals surface area contributed by atoms with Gasteiger partial charge < -0.3 is 18.9 Å². The van der Waals surface area contributed by atoms with Crippen molar-refractivity contribution in [3.63, 3.8) is 0 Å². The van der Waals surface area contributed by atoms with E-state index in [2.05, 4.69) is 24.0 Å². The van der Waals surface area contributed by atoms with Crippen LogP contribution in [0.3, 0.4) is 0 Å². The molecule has 0 aliphatic heterocycles. The molecule has 150 valence electrons. The first-order chi connectivity index (χ1) is 14.8. The predicted molar refractivity (Wildman–Crippen MR) is 119 cm³/mol. The van der Waals surface area contributed by atoms with Gasteiger partial charge in [0.2, 0.25) is 0 Å². The predicted octanol–water partition coefficient (Wildman–Crippen LogP) is 5.36. The van der Waals surface area contributed by atoms with Crippen LogP contribution in [-0.4, -0.2) is 27.8 Å². The zero-order valence-electron chi connectivity index (χ0n) is 17.0. The van der Waals surface area contributed by atoms with E-state index in [4.69, 9.17) is 18.9 Å². The summed E-state index contributed by atoms with van der Waals surface area (Å²) in [7, 11) is 3.20. The molecule has 0 fully saturated rings. The molecule has 0 radical (unpaired) electrons. The van der Waals surface area contributed by atoms with E-state index >= 15 is 0 Å². The minimum Gasteiger partial charge on any atom is -0.466 e. The quantitative estimate of drug-likeness (QED) is 0.324. The van der Waals surface area contributed by atoms with E-state index in [9.17, 15) is 0 Å². The molecule has 0 spiro atoms. The summed E-state index contributed by atoms with van der Waals surface area (Å²) in [6, 6.07) is 24.1. The molecule has 0 bridgehead atoms. The van der Waals surface area contributed by atoms with E-state index < -0.39 is 0 Å². The third-order valence-electron chi connectivity index (χ3n) is 4.76. The number of ether oxygens (including phenoxy) is 4. The molecule has 0 saturated carbocycles. The summed E-state index contributed by atoms with van der Waals surface area (Å²) in [6.07, 6.45) is 0. The molecule has 0 saturated heterocycles. The van der Waals surface area contributed by atoms with Gasteiger partial charge in [0.15, 0.2) is 13.6 Å². The summed E-state index contributed by atoms with van der Waals surface area (Å²) in [4.78, 5) is 0. The standard InChI is InChI=1S/C26H22O4/c1-27-17-29-25-15-11-19-7-3-5-9-21(19)23(25)13-14-24-22-10-6-4-8-20(22)12-16-26(24)30-18-28-2/h3-12,15-16H,17-18H2,1-2H3. The molecule has 0 N–H and O–H groups in total. The SMILES string of the molecule is COCOc1ccc2ccccc2c1C#Cc1c(OCOC)ccc2ccccc12. The molecule has 0 aliphatic rings. The van der Waals surface area contributed by atoms with Crippen LogP contribution < -0.4 is 9.47 Å². The highest BCUT2D eigenvalue weighted by Gasteiger charge is 2.10. The lowest BCUT2D eigenvalue weighted by atomic mass is 10.0. The largest absolute Gasteiger partial charge is 0.466 e. The van der Waals surface area contributed by atoms with Gasteiger partial charge in [0.1, 0.15) is 11.5 Å². The van der Waals surface area contributed by atoms with Gasteiger partial charge in [-0.15, -0.1) is 0 Å². The Labute approximate surface area is 175 Å². The van der Waals surface area contributed by atoms with Gasteiger partial charge in [0.05, 0.1) is 11.1 Å². The van der Waals surface area contributed by atoms with Crippen LogP contribution in [0.15, 0.2) is 72.8 Å². The van der Waals surface area contributed by atoms with Crippen molar-refractivity contribution in [3.8, 4) is 23.3 Å². The van der Waals surface area contributed by atoms with Crippen LogP contribution in [0.1, 0.15) is 11.1 Å². The second-order valence-corrected chi connectivity index (χ2v) is 6.67. The topological polar surface area (TPSA) is 36.9 Å². The first-order valence-corrected chi connectivity index (χ1v) is 9.61. The van der Waals surface area contributed by atoms with Crippen LogP contribution in [0.2, 0.25) is 0 Å². The van der Waals surface area contributed by atoms with Crippen LogP contribution in [0.5, 0.6) is 11.5 Å². The van der Waals surface area contributed by atoms with Crippen molar-refractivity contribution in [2.75, 3.05) is 27.8 Å². The monoisotopic (exact) mass is 398 g/mol. The molecule has 30 heavy (non-hydrogen) atoms. The summed E-state index contributed by atoms with van der Waals surface area (Å²) in [5.41, 5.74) is 1.63. The first kappa shape index (κ1) is 19.8. The fourth-order valence-corrected chi connectivity index (χ4v) is 3.37. The maximum absolute atomic E-state index is 5.79. The lowest BCUT2D eigenvalue weighted by molar-refractivity contribution is 0.0508. The highest BCUT2D eigenvalue weighted by atomic mass is 16.7. The Bertz CT molecular complexity index is 1140. The summed E-state index contributed by atoms with van der Waals surface area (Å²) >= 11 is 0. The van der Waals surface area contributed by atoms with Crippen molar-refractivity contribution >= 4 is 21.5 Å². The third-order valence-corrected chi connectivity index (χ3v) is 4.76. The van der Waals surface area contributed by atoms with Gasteiger partial charge in [0, 0.05) is 25.0 Å². The Hall–Kier alpha value is -3.52. The van der Waals surface area contributed by atoms with Gasteiger partial charge in [0.25, 0.3) is 0 Å². The van der Waals surface area contributed by atoms with Gasteiger partial charge in [-0.2, -0.15) is 0 Å². The molecule has 0 aromatic heterocycles. The molecule has 0 amide bonds. The number of rotatable bonds is 6. The van der Waals surface area contributed by atoms with Crippen molar-refractivity contribution < 1.29 is 18.9 Å². The maximum Gasteiger partial charge on any atom is 0.188 e. The second kappa shape index (κ2) is 9.32. The Morgan fingerprint density at radius 1 is 0.567 bits per heavy atom. The van der Waals surface area contributed by atoms with Crippen molar-refractivity contribution in [2.45, 2.75) is 0 Å². The molecule has 4 aromatic rings. The van der Waals surface area contributed by atoms with Crippen LogP contribution in [0.25, 0.3) is 21.5 Å². The lowest BCUT2D eigenvalue weighted by Gasteiger charge is -2.11. The number of hydrogen-bond donors (Lipinski definition) is 0. The zero-order chi connectivity index (χ0) is 20.8. The third kappa shape index (κ3) is 4.08. The molecule has 0 heterocycles. The van der Waals surface area contributed by atoms with Gasteiger partial charge in [-0.05, 0) is 22.9 Å². The van der Waals surface area contributed by atoms with Crippen molar-refractivity contribution in [3.05, 3.63) is 83.9 Å². The summed E-state index contributed by atoms with van der Waals surface area (Å²) in [5, 5.41) is 4.25. The van der Waals surface area contributed by atoms with Crippen LogP contribution in [0.4, 0.5) is 0 Å². The van der Waals surface area contributed by atoms with Crippen LogP contribution in [-0.2, 0) is 9.47 Å². The number of hydrogen-bond acceptors (Lipinski definition) is 4. The van der Waals surface area contributed by atoms with Crippen molar-refractivity contribution in [2.24, 2.45) is 0 Å². The second-order valence-electron chi connectivity index (χ2n) is 6.67. The van der Waals surface area contributed by atoms with Gasteiger partial charge in [-0.25, -0.2) is 0 Å². The summed E-state index contributed by atoms with van der Waals surface area (Å²) in [5.74, 6) is 8.04. The number of fused-ring (bicyclic) bond motifs is 2. The molecule has 4 aromatic carbocycles. The molecular formula is C26H22O4. The van der Waals surface area contributed by atoms with Gasteiger partial charge in [-0.3, -0.25) is 0 Å². The molecule has 4 rings (SSSR count). The van der Waals surface area contributed by atoms with Crippen LogP contribution in [0, 0.1) is 11.8 Å². The average Bonchev–Trinajstić information content (AvgIpc) is 2.80. The van der Waals surface area contributed by atoms with E-state index in [1.807, 2.05) is 60.7 Å². The van der Waals surface area contributed by atoms with Gasteiger partial charge in [-0.1, -0.05) is 72.5 Å². The lowest BCUT2D eigenvalue weighted by Crippen LogP contribution is -2.01. The Morgan fingerprint density at radius 3 is 1.43 bits per heavy atom. The smallest absolute Gasteiger partial charge is 0.188 e. The van der Waals surface area contributed by atoms with Crippen molar-refractivity contribution in [1.82, 2.24) is 0 Å². The summed E-state index contributed by atoms with van der Waals surface area (Å²) < 4.78 is 21.8. The average molecular weight is 398 g/mol. The minimum absolute atomic E-state index is 0.156. The van der Waals surface area contributed by atoms with Crippen LogP contribution >= 0.6 is 0 Å². The molecule has 0 unspecified atom stereocenters. The van der Waals surface area contributed by atoms with E-state index in [1.54, 1.807) is 14.2 Å².